The number of halogens is 1. The van der Waals surface area contributed by atoms with Crippen molar-refractivity contribution in [3.8, 4) is 5.75 Å². The van der Waals surface area contributed by atoms with E-state index in [9.17, 15) is 12.8 Å². The Balaban J connectivity index is 1.73. The van der Waals surface area contributed by atoms with Gasteiger partial charge in [-0.2, -0.15) is 0 Å². The Morgan fingerprint density at radius 1 is 1.07 bits per heavy atom. The highest BCUT2D eigenvalue weighted by Gasteiger charge is 2.24. The normalized spacial score (nSPS) is 11.2. The van der Waals surface area contributed by atoms with Gasteiger partial charge >= 0.3 is 0 Å². The standard InChI is InChI=1S/C22H24FN3O3S/c1-16-12-20(26(3)30(27,28)22-5-4-18(23)14-17(22)2)15-21(13-16)29-11-10-25-19-6-8-24-9-7-19/h4-9,12-15H,10-11H2,1-3H3,(H,24,25). The molecular formula is C22H24FN3O3S. The first-order valence-electron chi connectivity index (χ1n) is 9.41. The smallest absolute Gasteiger partial charge is 0.264 e. The Morgan fingerprint density at radius 2 is 1.80 bits per heavy atom. The number of hydrogen-bond acceptors (Lipinski definition) is 5. The van der Waals surface area contributed by atoms with Gasteiger partial charge < -0.3 is 10.1 Å². The van der Waals surface area contributed by atoms with Crippen molar-refractivity contribution in [2.75, 3.05) is 29.8 Å². The molecule has 0 radical (unpaired) electrons. The van der Waals surface area contributed by atoms with Gasteiger partial charge in [0.25, 0.3) is 10.0 Å². The van der Waals surface area contributed by atoms with Crippen LogP contribution in [-0.4, -0.2) is 33.6 Å². The van der Waals surface area contributed by atoms with Crippen molar-refractivity contribution in [1.29, 1.82) is 0 Å². The van der Waals surface area contributed by atoms with Gasteiger partial charge in [0.1, 0.15) is 18.2 Å². The molecule has 0 bridgehead atoms. The van der Waals surface area contributed by atoms with Gasteiger partial charge in [0.15, 0.2) is 0 Å². The van der Waals surface area contributed by atoms with Crippen molar-refractivity contribution in [3.05, 3.63) is 77.9 Å². The summed E-state index contributed by atoms with van der Waals surface area (Å²) in [5, 5.41) is 3.22. The Labute approximate surface area is 176 Å². The van der Waals surface area contributed by atoms with E-state index in [1.54, 1.807) is 31.5 Å². The molecule has 3 rings (SSSR count). The van der Waals surface area contributed by atoms with Gasteiger partial charge in [-0.3, -0.25) is 9.29 Å². The summed E-state index contributed by atoms with van der Waals surface area (Å²) < 4.78 is 46.5. The lowest BCUT2D eigenvalue weighted by Crippen LogP contribution is -2.27. The summed E-state index contributed by atoms with van der Waals surface area (Å²) in [5.74, 6) is 0.0973. The van der Waals surface area contributed by atoms with Crippen molar-refractivity contribution in [2.24, 2.45) is 0 Å². The molecule has 6 nitrogen and oxygen atoms in total. The Bertz CT molecular complexity index is 1120. The van der Waals surface area contributed by atoms with Gasteiger partial charge in [0, 0.05) is 37.7 Å². The summed E-state index contributed by atoms with van der Waals surface area (Å²) in [6, 6.07) is 12.7. The molecule has 2 aromatic carbocycles. The van der Waals surface area contributed by atoms with Crippen LogP contribution in [0.25, 0.3) is 0 Å². The van der Waals surface area contributed by atoms with Crippen molar-refractivity contribution >= 4 is 21.4 Å². The third-order valence-corrected chi connectivity index (χ3v) is 6.50. The van der Waals surface area contributed by atoms with E-state index < -0.39 is 15.8 Å². The molecule has 1 aromatic heterocycles. The van der Waals surface area contributed by atoms with Gasteiger partial charge in [0.05, 0.1) is 10.6 Å². The number of aromatic nitrogens is 1. The fourth-order valence-electron chi connectivity index (χ4n) is 3.02. The molecule has 1 N–H and O–H groups in total. The number of rotatable bonds is 8. The number of sulfonamides is 1. The number of ether oxygens (including phenoxy) is 1. The minimum absolute atomic E-state index is 0.0666. The summed E-state index contributed by atoms with van der Waals surface area (Å²) in [6.45, 7) is 4.43. The molecule has 0 aliphatic rings. The first kappa shape index (κ1) is 21.6. The van der Waals surface area contributed by atoms with Crippen molar-refractivity contribution in [2.45, 2.75) is 18.7 Å². The molecule has 3 aromatic rings. The van der Waals surface area contributed by atoms with E-state index in [2.05, 4.69) is 10.3 Å². The van der Waals surface area contributed by atoms with Crippen molar-refractivity contribution in [3.63, 3.8) is 0 Å². The number of nitrogens with zero attached hydrogens (tertiary/aromatic N) is 2. The summed E-state index contributed by atoms with van der Waals surface area (Å²) >= 11 is 0. The first-order chi connectivity index (χ1) is 14.3. The maximum Gasteiger partial charge on any atom is 0.264 e. The zero-order valence-corrected chi connectivity index (χ0v) is 17.9. The van der Waals surface area contributed by atoms with Gasteiger partial charge in [0.2, 0.25) is 0 Å². The lowest BCUT2D eigenvalue weighted by molar-refractivity contribution is 0.333. The fraction of sp³-hybridized carbons (Fsp3) is 0.227. The molecule has 0 spiro atoms. The van der Waals surface area contributed by atoms with Crippen molar-refractivity contribution in [1.82, 2.24) is 4.98 Å². The molecule has 158 valence electrons. The van der Waals surface area contributed by atoms with E-state index >= 15 is 0 Å². The molecule has 0 aliphatic heterocycles. The van der Waals surface area contributed by atoms with E-state index in [1.165, 1.54) is 23.5 Å². The Kier molecular flexibility index (Phi) is 6.56. The first-order valence-corrected chi connectivity index (χ1v) is 10.8. The van der Waals surface area contributed by atoms with Gasteiger partial charge in [-0.05, 0) is 67.4 Å². The quantitative estimate of drug-likeness (QED) is 0.545. The van der Waals surface area contributed by atoms with Crippen LogP contribution in [0.4, 0.5) is 15.8 Å². The molecule has 0 saturated heterocycles. The molecule has 0 fully saturated rings. The maximum atomic E-state index is 13.4. The predicted octanol–water partition coefficient (Wildman–Crippen LogP) is 4.15. The minimum atomic E-state index is -3.84. The molecule has 0 saturated carbocycles. The highest BCUT2D eigenvalue weighted by Crippen LogP contribution is 2.29. The van der Waals surface area contributed by atoms with E-state index in [4.69, 9.17) is 4.74 Å². The monoisotopic (exact) mass is 429 g/mol. The number of hydrogen-bond donors (Lipinski definition) is 1. The summed E-state index contributed by atoms with van der Waals surface area (Å²) in [5.41, 5.74) is 2.63. The third kappa shape index (κ3) is 5.07. The summed E-state index contributed by atoms with van der Waals surface area (Å²) in [4.78, 5) is 4.03. The van der Waals surface area contributed by atoms with Crippen LogP contribution in [0.1, 0.15) is 11.1 Å². The minimum Gasteiger partial charge on any atom is -0.492 e. The van der Waals surface area contributed by atoms with E-state index in [1.807, 2.05) is 25.1 Å². The number of nitrogens with one attached hydrogen (secondary N) is 1. The average Bonchev–Trinajstić information content (AvgIpc) is 2.70. The van der Waals surface area contributed by atoms with Crippen LogP contribution in [0, 0.1) is 19.7 Å². The molecule has 8 heteroatoms. The zero-order chi connectivity index (χ0) is 21.7. The van der Waals surface area contributed by atoms with Crippen LogP contribution < -0.4 is 14.4 Å². The van der Waals surface area contributed by atoms with E-state index in [-0.39, 0.29) is 4.90 Å². The van der Waals surface area contributed by atoms with E-state index in [0.29, 0.717) is 30.2 Å². The third-order valence-electron chi connectivity index (χ3n) is 4.55. The average molecular weight is 430 g/mol. The van der Waals surface area contributed by atoms with Crippen LogP contribution in [0.5, 0.6) is 5.75 Å². The second kappa shape index (κ2) is 9.13. The molecule has 0 aliphatic carbocycles. The largest absolute Gasteiger partial charge is 0.492 e. The zero-order valence-electron chi connectivity index (χ0n) is 17.1. The molecule has 0 atom stereocenters. The number of anilines is 2. The molecule has 0 unspecified atom stereocenters. The highest BCUT2D eigenvalue weighted by atomic mass is 32.2. The fourth-order valence-corrected chi connectivity index (χ4v) is 4.40. The molecule has 1 heterocycles. The van der Waals surface area contributed by atoms with Crippen molar-refractivity contribution < 1.29 is 17.5 Å². The Morgan fingerprint density at radius 3 is 2.50 bits per heavy atom. The number of benzene rings is 2. The topological polar surface area (TPSA) is 71.5 Å². The molecule has 30 heavy (non-hydrogen) atoms. The predicted molar refractivity (Wildman–Crippen MR) is 116 cm³/mol. The van der Waals surface area contributed by atoms with Gasteiger partial charge in [-0.25, -0.2) is 12.8 Å². The summed E-state index contributed by atoms with van der Waals surface area (Å²) in [7, 11) is -2.37. The van der Waals surface area contributed by atoms with E-state index in [0.717, 1.165) is 17.3 Å². The van der Waals surface area contributed by atoms with Crippen LogP contribution in [0.15, 0.2) is 65.8 Å². The van der Waals surface area contributed by atoms with Crippen LogP contribution in [0.3, 0.4) is 0 Å². The van der Waals surface area contributed by atoms with Gasteiger partial charge in [-0.15, -0.1) is 0 Å². The second-order valence-corrected chi connectivity index (χ2v) is 8.84. The SMILES string of the molecule is Cc1cc(OCCNc2ccncc2)cc(N(C)S(=O)(=O)c2ccc(F)cc2C)c1. The highest BCUT2D eigenvalue weighted by molar-refractivity contribution is 7.92. The molecule has 0 amide bonds. The second-order valence-electron chi connectivity index (χ2n) is 6.90. The summed E-state index contributed by atoms with van der Waals surface area (Å²) in [6.07, 6.45) is 3.41. The van der Waals surface area contributed by atoms with Crippen LogP contribution in [0.2, 0.25) is 0 Å². The lowest BCUT2D eigenvalue weighted by Gasteiger charge is -2.22. The van der Waals surface area contributed by atoms with Crippen LogP contribution >= 0.6 is 0 Å². The van der Waals surface area contributed by atoms with Crippen LogP contribution in [-0.2, 0) is 10.0 Å². The maximum absolute atomic E-state index is 13.4. The Hall–Kier alpha value is -3.13. The molecular weight excluding hydrogens is 405 g/mol. The number of aryl methyl sites for hydroxylation is 2. The number of pyridine rings is 1. The van der Waals surface area contributed by atoms with Gasteiger partial charge in [-0.1, -0.05) is 0 Å². The lowest BCUT2D eigenvalue weighted by atomic mass is 10.2.